The van der Waals surface area contributed by atoms with Crippen molar-refractivity contribution in [3.05, 3.63) is 48.0 Å². The van der Waals surface area contributed by atoms with E-state index in [1.807, 2.05) is 29.9 Å². The Hall–Kier alpha value is -1.68. The van der Waals surface area contributed by atoms with Crippen LogP contribution in [-0.4, -0.2) is 21.3 Å². The Morgan fingerprint density at radius 2 is 2.06 bits per heavy atom. The van der Waals surface area contributed by atoms with E-state index in [-0.39, 0.29) is 5.92 Å². The predicted octanol–water partition coefficient (Wildman–Crippen LogP) is 1.30. The fraction of sp³-hybridized carbons (Fsp3) is 0.333. The van der Waals surface area contributed by atoms with Gasteiger partial charge in [0.05, 0.1) is 0 Å². The average molecular weight is 216 g/mol. The number of nitrogens with two attached hydrogens (primary N) is 1. The van der Waals surface area contributed by atoms with Crippen molar-refractivity contribution in [2.75, 3.05) is 6.54 Å². The van der Waals surface area contributed by atoms with Crippen LogP contribution in [0.4, 0.5) is 0 Å². The summed E-state index contributed by atoms with van der Waals surface area (Å²) in [6.45, 7) is 0.645. The molecule has 4 nitrogen and oxygen atoms in total. The number of rotatable bonds is 4. The Balaban J connectivity index is 2.35. The first-order chi connectivity index (χ1) is 7.83. The fourth-order valence-corrected chi connectivity index (χ4v) is 1.92. The van der Waals surface area contributed by atoms with Crippen molar-refractivity contribution >= 4 is 0 Å². The van der Waals surface area contributed by atoms with Crippen molar-refractivity contribution in [1.29, 1.82) is 0 Å². The molecule has 0 aliphatic carbocycles. The van der Waals surface area contributed by atoms with Gasteiger partial charge in [-0.1, -0.05) is 30.3 Å². The first-order valence-corrected chi connectivity index (χ1v) is 5.42. The molecule has 0 radical (unpaired) electrons. The van der Waals surface area contributed by atoms with Crippen molar-refractivity contribution in [2.45, 2.75) is 12.3 Å². The van der Waals surface area contributed by atoms with Gasteiger partial charge in [0.1, 0.15) is 12.2 Å². The van der Waals surface area contributed by atoms with Gasteiger partial charge in [-0.3, -0.25) is 4.68 Å². The largest absolute Gasteiger partial charge is 0.330 e. The number of aromatic nitrogens is 3. The fourth-order valence-electron chi connectivity index (χ4n) is 1.92. The predicted molar refractivity (Wildman–Crippen MR) is 63.0 cm³/mol. The van der Waals surface area contributed by atoms with E-state index in [4.69, 9.17) is 5.73 Å². The van der Waals surface area contributed by atoms with Crippen molar-refractivity contribution in [3.63, 3.8) is 0 Å². The van der Waals surface area contributed by atoms with E-state index in [1.165, 1.54) is 5.56 Å². The average Bonchev–Trinajstić information content (AvgIpc) is 2.73. The number of nitrogens with zero attached hydrogens (tertiary/aromatic N) is 3. The normalized spacial score (nSPS) is 12.6. The van der Waals surface area contributed by atoms with E-state index in [9.17, 15) is 0 Å². The van der Waals surface area contributed by atoms with Crippen molar-refractivity contribution in [1.82, 2.24) is 14.8 Å². The van der Waals surface area contributed by atoms with Crippen LogP contribution in [0.5, 0.6) is 0 Å². The van der Waals surface area contributed by atoms with E-state index in [2.05, 4.69) is 22.2 Å². The lowest BCUT2D eigenvalue weighted by atomic mass is 9.95. The summed E-state index contributed by atoms with van der Waals surface area (Å²) in [4.78, 5) is 4.31. The third-order valence-electron chi connectivity index (χ3n) is 2.72. The van der Waals surface area contributed by atoms with Gasteiger partial charge in [-0.15, -0.1) is 0 Å². The lowest BCUT2D eigenvalue weighted by Crippen LogP contribution is -2.13. The second-order valence-electron chi connectivity index (χ2n) is 3.78. The number of aryl methyl sites for hydroxylation is 1. The Bertz CT molecular complexity index is 435. The molecule has 1 aromatic heterocycles. The van der Waals surface area contributed by atoms with Gasteiger partial charge in [-0.05, 0) is 18.5 Å². The standard InChI is InChI=1S/C12H16N4/c1-16-12(14-9-15-16)11(7-8-13)10-5-3-2-4-6-10/h2-6,9,11H,7-8,13H2,1H3. The maximum Gasteiger partial charge on any atom is 0.138 e. The summed E-state index contributed by atoms with van der Waals surface area (Å²) in [5, 5.41) is 4.11. The molecule has 4 heteroatoms. The van der Waals surface area contributed by atoms with Gasteiger partial charge in [-0.2, -0.15) is 5.10 Å². The van der Waals surface area contributed by atoms with Crippen LogP contribution in [0.15, 0.2) is 36.7 Å². The molecule has 1 atom stereocenters. The molecular formula is C12H16N4. The van der Waals surface area contributed by atoms with Crippen molar-refractivity contribution < 1.29 is 0 Å². The Labute approximate surface area is 95.1 Å². The molecule has 0 fully saturated rings. The van der Waals surface area contributed by atoms with Crippen LogP contribution < -0.4 is 5.73 Å². The van der Waals surface area contributed by atoms with E-state index in [0.29, 0.717) is 6.54 Å². The molecule has 0 saturated carbocycles. The van der Waals surface area contributed by atoms with E-state index in [0.717, 1.165) is 12.2 Å². The summed E-state index contributed by atoms with van der Waals surface area (Å²) in [5.74, 6) is 1.20. The topological polar surface area (TPSA) is 56.7 Å². The summed E-state index contributed by atoms with van der Waals surface area (Å²) >= 11 is 0. The molecule has 84 valence electrons. The molecule has 2 N–H and O–H groups in total. The zero-order valence-electron chi connectivity index (χ0n) is 9.37. The Morgan fingerprint density at radius 1 is 1.31 bits per heavy atom. The van der Waals surface area contributed by atoms with Gasteiger partial charge in [0.2, 0.25) is 0 Å². The number of benzene rings is 1. The first-order valence-electron chi connectivity index (χ1n) is 5.42. The van der Waals surface area contributed by atoms with E-state index < -0.39 is 0 Å². The molecule has 0 aliphatic heterocycles. The van der Waals surface area contributed by atoms with Gasteiger partial charge in [-0.25, -0.2) is 4.98 Å². The monoisotopic (exact) mass is 216 g/mol. The highest BCUT2D eigenvalue weighted by Gasteiger charge is 2.17. The molecule has 2 aromatic rings. The molecule has 16 heavy (non-hydrogen) atoms. The highest BCUT2D eigenvalue weighted by atomic mass is 15.3. The molecule has 0 saturated heterocycles. The summed E-state index contributed by atoms with van der Waals surface area (Å²) in [5.41, 5.74) is 6.91. The van der Waals surface area contributed by atoms with Crippen LogP contribution in [0.1, 0.15) is 23.7 Å². The lowest BCUT2D eigenvalue weighted by Gasteiger charge is -2.15. The number of hydrogen-bond donors (Lipinski definition) is 1. The minimum atomic E-state index is 0.235. The summed E-state index contributed by atoms with van der Waals surface area (Å²) < 4.78 is 1.81. The maximum atomic E-state index is 5.67. The lowest BCUT2D eigenvalue weighted by molar-refractivity contribution is 0.616. The minimum Gasteiger partial charge on any atom is -0.330 e. The van der Waals surface area contributed by atoms with Crippen molar-refractivity contribution in [2.24, 2.45) is 12.8 Å². The van der Waals surface area contributed by atoms with Gasteiger partial charge >= 0.3 is 0 Å². The van der Waals surface area contributed by atoms with Crippen LogP contribution in [0.2, 0.25) is 0 Å². The van der Waals surface area contributed by atoms with Crippen LogP contribution >= 0.6 is 0 Å². The molecule has 0 amide bonds. The van der Waals surface area contributed by atoms with Gasteiger partial charge in [0, 0.05) is 13.0 Å². The van der Waals surface area contributed by atoms with Crippen LogP contribution in [-0.2, 0) is 7.05 Å². The summed E-state index contributed by atoms with van der Waals surface area (Å²) in [6.07, 6.45) is 2.47. The molecule has 1 aromatic carbocycles. The third-order valence-corrected chi connectivity index (χ3v) is 2.72. The smallest absolute Gasteiger partial charge is 0.138 e. The van der Waals surface area contributed by atoms with Gasteiger partial charge in [0.15, 0.2) is 0 Å². The third kappa shape index (κ3) is 2.12. The molecule has 1 heterocycles. The number of hydrogen-bond acceptors (Lipinski definition) is 3. The van der Waals surface area contributed by atoms with Crippen molar-refractivity contribution in [3.8, 4) is 0 Å². The van der Waals surface area contributed by atoms with E-state index >= 15 is 0 Å². The highest BCUT2D eigenvalue weighted by Crippen LogP contribution is 2.24. The van der Waals surface area contributed by atoms with Gasteiger partial charge in [0.25, 0.3) is 0 Å². The molecule has 1 unspecified atom stereocenters. The summed E-state index contributed by atoms with van der Waals surface area (Å²) in [7, 11) is 1.91. The zero-order valence-corrected chi connectivity index (χ0v) is 9.37. The molecular weight excluding hydrogens is 200 g/mol. The van der Waals surface area contributed by atoms with Crippen LogP contribution in [0.25, 0.3) is 0 Å². The molecule has 0 bridgehead atoms. The molecule has 0 aliphatic rings. The second kappa shape index (κ2) is 4.90. The maximum absolute atomic E-state index is 5.67. The first kappa shape index (κ1) is 10.8. The van der Waals surface area contributed by atoms with Crippen LogP contribution in [0.3, 0.4) is 0 Å². The minimum absolute atomic E-state index is 0.235. The second-order valence-corrected chi connectivity index (χ2v) is 3.78. The Kier molecular flexibility index (Phi) is 3.31. The highest BCUT2D eigenvalue weighted by molar-refractivity contribution is 5.25. The Morgan fingerprint density at radius 3 is 2.62 bits per heavy atom. The molecule has 2 rings (SSSR count). The van der Waals surface area contributed by atoms with Crippen LogP contribution in [0, 0.1) is 0 Å². The molecule has 0 spiro atoms. The SMILES string of the molecule is Cn1ncnc1C(CCN)c1ccccc1. The quantitative estimate of drug-likeness (QED) is 0.838. The van der Waals surface area contributed by atoms with E-state index in [1.54, 1.807) is 6.33 Å². The van der Waals surface area contributed by atoms with Gasteiger partial charge < -0.3 is 5.73 Å². The zero-order chi connectivity index (χ0) is 11.4. The summed E-state index contributed by atoms with van der Waals surface area (Å²) in [6, 6.07) is 10.3.